The fourth-order valence-corrected chi connectivity index (χ4v) is 2.51. The van der Waals surface area contributed by atoms with E-state index in [9.17, 15) is 14.4 Å². The van der Waals surface area contributed by atoms with Gasteiger partial charge >= 0.3 is 0 Å². The first-order chi connectivity index (χ1) is 13.1. The Kier molecular flexibility index (Phi) is 5.31. The number of rotatable bonds is 7. The maximum Gasteiger partial charge on any atom is 0.287 e. The summed E-state index contributed by atoms with van der Waals surface area (Å²) in [7, 11) is 0. The number of pyridine rings is 2. The molecule has 0 aliphatic heterocycles. The lowest BCUT2D eigenvalue weighted by molar-refractivity contribution is -0.137. The molecule has 3 aromatic heterocycles. The average molecular weight is 364 g/mol. The summed E-state index contributed by atoms with van der Waals surface area (Å²) >= 11 is 0. The van der Waals surface area contributed by atoms with Crippen LogP contribution in [-0.4, -0.2) is 43.2 Å². The standard InChI is InChI=1S/C18H16N6O3/c19-17(26)16(25)13(8-12-4-3-6-20-9-12)23-18(27)14-10-21-11-24(14)15-5-1-2-7-22-15/h1-7,9-11,13H,8H2,(H2,19,26)(H,23,27). The highest BCUT2D eigenvalue weighted by Crippen LogP contribution is 2.09. The fourth-order valence-electron chi connectivity index (χ4n) is 2.51. The lowest BCUT2D eigenvalue weighted by Gasteiger charge is -2.16. The number of amides is 2. The molecule has 136 valence electrons. The van der Waals surface area contributed by atoms with Crippen LogP contribution in [0.3, 0.4) is 0 Å². The molecule has 0 saturated heterocycles. The van der Waals surface area contributed by atoms with Gasteiger partial charge in [0.15, 0.2) is 0 Å². The van der Waals surface area contributed by atoms with E-state index in [0.29, 0.717) is 11.4 Å². The number of aromatic nitrogens is 4. The van der Waals surface area contributed by atoms with Gasteiger partial charge in [-0.25, -0.2) is 9.97 Å². The third-order valence-corrected chi connectivity index (χ3v) is 3.79. The molecule has 0 bridgehead atoms. The van der Waals surface area contributed by atoms with E-state index in [-0.39, 0.29) is 12.1 Å². The molecule has 1 unspecified atom stereocenters. The van der Waals surface area contributed by atoms with Crippen LogP contribution in [0.25, 0.3) is 5.82 Å². The molecule has 2 amide bonds. The Bertz CT molecular complexity index is 955. The van der Waals surface area contributed by atoms with E-state index in [1.54, 1.807) is 48.9 Å². The summed E-state index contributed by atoms with van der Waals surface area (Å²) in [5.41, 5.74) is 5.97. The number of nitrogens with two attached hydrogens (primary N) is 1. The summed E-state index contributed by atoms with van der Waals surface area (Å²) in [6.07, 6.45) is 7.57. The number of imidazole rings is 1. The van der Waals surface area contributed by atoms with Crippen molar-refractivity contribution >= 4 is 17.6 Å². The van der Waals surface area contributed by atoms with Gasteiger partial charge in [-0.05, 0) is 23.8 Å². The Labute approximate surface area is 154 Å². The number of primary amides is 1. The molecule has 3 aromatic rings. The summed E-state index contributed by atoms with van der Waals surface area (Å²) in [6.45, 7) is 0. The quantitative estimate of drug-likeness (QED) is 0.570. The topological polar surface area (TPSA) is 133 Å². The molecule has 0 aliphatic carbocycles. The van der Waals surface area contributed by atoms with E-state index in [4.69, 9.17) is 5.73 Å². The van der Waals surface area contributed by atoms with Crippen molar-refractivity contribution in [2.75, 3.05) is 0 Å². The van der Waals surface area contributed by atoms with Crippen LogP contribution < -0.4 is 11.1 Å². The largest absolute Gasteiger partial charge is 0.363 e. The van der Waals surface area contributed by atoms with E-state index in [1.165, 1.54) is 17.1 Å². The lowest BCUT2D eigenvalue weighted by atomic mass is 10.0. The van der Waals surface area contributed by atoms with Gasteiger partial charge in [-0.2, -0.15) is 0 Å². The van der Waals surface area contributed by atoms with E-state index >= 15 is 0 Å². The van der Waals surface area contributed by atoms with E-state index in [1.807, 2.05) is 0 Å². The highest BCUT2D eigenvalue weighted by atomic mass is 16.2. The zero-order valence-corrected chi connectivity index (χ0v) is 14.1. The van der Waals surface area contributed by atoms with Crippen molar-refractivity contribution in [3.63, 3.8) is 0 Å². The van der Waals surface area contributed by atoms with Crippen molar-refractivity contribution in [1.29, 1.82) is 0 Å². The van der Waals surface area contributed by atoms with Crippen LogP contribution in [0.1, 0.15) is 16.1 Å². The highest BCUT2D eigenvalue weighted by molar-refractivity contribution is 6.38. The minimum atomic E-state index is -1.12. The maximum absolute atomic E-state index is 12.7. The molecule has 0 fully saturated rings. The van der Waals surface area contributed by atoms with E-state index < -0.39 is 23.6 Å². The lowest BCUT2D eigenvalue weighted by Crippen LogP contribution is -2.47. The molecule has 0 saturated carbocycles. The molecule has 0 aliphatic rings. The first-order valence-electron chi connectivity index (χ1n) is 8.03. The van der Waals surface area contributed by atoms with Crippen molar-refractivity contribution in [1.82, 2.24) is 24.8 Å². The van der Waals surface area contributed by atoms with Crippen molar-refractivity contribution < 1.29 is 14.4 Å². The van der Waals surface area contributed by atoms with Gasteiger partial charge in [-0.1, -0.05) is 12.1 Å². The zero-order chi connectivity index (χ0) is 19.2. The fraction of sp³-hybridized carbons (Fsp3) is 0.111. The second kappa shape index (κ2) is 8.00. The molecule has 3 N–H and O–H groups in total. The predicted molar refractivity (Wildman–Crippen MR) is 94.8 cm³/mol. The Morgan fingerprint density at radius 3 is 2.59 bits per heavy atom. The third kappa shape index (κ3) is 4.21. The van der Waals surface area contributed by atoms with Crippen LogP contribution in [0.15, 0.2) is 61.4 Å². The second-order valence-electron chi connectivity index (χ2n) is 5.66. The SMILES string of the molecule is NC(=O)C(=O)C(Cc1cccnc1)NC(=O)c1cncn1-c1ccccn1. The minimum absolute atomic E-state index is 0.0824. The predicted octanol–water partition coefficient (Wildman–Crippen LogP) is 0.0578. The molecule has 3 heterocycles. The molecule has 27 heavy (non-hydrogen) atoms. The van der Waals surface area contributed by atoms with Crippen molar-refractivity contribution in [3.05, 3.63) is 72.7 Å². The Morgan fingerprint density at radius 2 is 1.93 bits per heavy atom. The van der Waals surface area contributed by atoms with Gasteiger partial charge in [-0.3, -0.25) is 23.9 Å². The van der Waals surface area contributed by atoms with Gasteiger partial charge in [-0.15, -0.1) is 0 Å². The second-order valence-corrected chi connectivity index (χ2v) is 5.66. The number of Topliss-reactive ketones (excluding diaryl/α,β-unsaturated/α-hetero) is 1. The van der Waals surface area contributed by atoms with Crippen LogP contribution in [0, 0.1) is 0 Å². The molecule has 9 nitrogen and oxygen atoms in total. The summed E-state index contributed by atoms with van der Waals surface area (Å²) in [5, 5.41) is 2.55. The number of ketones is 1. The van der Waals surface area contributed by atoms with Gasteiger partial charge in [0, 0.05) is 25.0 Å². The minimum Gasteiger partial charge on any atom is -0.363 e. The van der Waals surface area contributed by atoms with Gasteiger partial charge in [0.2, 0.25) is 5.78 Å². The van der Waals surface area contributed by atoms with Gasteiger partial charge in [0.25, 0.3) is 11.8 Å². The first-order valence-corrected chi connectivity index (χ1v) is 8.03. The van der Waals surface area contributed by atoms with E-state index in [0.717, 1.165) is 0 Å². The van der Waals surface area contributed by atoms with Crippen molar-refractivity contribution in [2.45, 2.75) is 12.5 Å². The van der Waals surface area contributed by atoms with Crippen molar-refractivity contribution in [3.8, 4) is 5.82 Å². The molecule has 1 atom stereocenters. The number of nitrogens with one attached hydrogen (secondary N) is 1. The van der Waals surface area contributed by atoms with Crippen LogP contribution in [0.2, 0.25) is 0 Å². The van der Waals surface area contributed by atoms with E-state index in [2.05, 4.69) is 20.3 Å². The van der Waals surface area contributed by atoms with Crippen LogP contribution in [0.5, 0.6) is 0 Å². The Hall–Kier alpha value is -3.88. The smallest absolute Gasteiger partial charge is 0.287 e. The Balaban J connectivity index is 1.84. The number of nitrogens with zero attached hydrogens (tertiary/aromatic N) is 4. The normalized spacial score (nSPS) is 11.6. The molecule has 0 aromatic carbocycles. The molecular formula is C18H16N6O3. The highest BCUT2D eigenvalue weighted by Gasteiger charge is 2.27. The number of hydrogen-bond donors (Lipinski definition) is 2. The first kappa shape index (κ1) is 17.9. The zero-order valence-electron chi connectivity index (χ0n) is 14.1. The number of carbonyl (C=O) groups is 3. The van der Waals surface area contributed by atoms with Crippen LogP contribution >= 0.6 is 0 Å². The maximum atomic E-state index is 12.7. The molecular weight excluding hydrogens is 348 g/mol. The number of hydrogen-bond acceptors (Lipinski definition) is 6. The summed E-state index contributed by atoms with van der Waals surface area (Å²) in [4.78, 5) is 48.3. The average Bonchev–Trinajstić information content (AvgIpc) is 3.18. The summed E-state index contributed by atoms with van der Waals surface area (Å²) in [5.74, 6) is -2.11. The third-order valence-electron chi connectivity index (χ3n) is 3.79. The van der Waals surface area contributed by atoms with Gasteiger partial charge in [0.05, 0.1) is 6.20 Å². The Morgan fingerprint density at radius 1 is 1.07 bits per heavy atom. The van der Waals surface area contributed by atoms with Gasteiger partial charge < -0.3 is 11.1 Å². The molecule has 0 radical (unpaired) electrons. The summed E-state index contributed by atoms with van der Waals surface area (Å²) in [6, 6.07) is 7.53. The number of carbonyl (C=O) groups excluding carboxylic acids is 3. The summed E-state index contributed by atoms with van der Waals surface area (Å²) < 4.78 is 1.48. The molecule has 0 spiro atoms. The molecule has 3 rings (SSSR count). The van der Waals surface area contributed by atoms with Crippen LogP contribution in [0.4, 0.5) is 0 Å². The van der Waals surface area contributed by atoms with Crippen molar-refractivity contribution in [2.24, 2.45) is 5.73 Å². The molecule has 9 heteroatoms. The monoisotopic (exact) mass is 364 g/mol. The van der Waals surface area contributed by atoms with Gasteiger partial charge in [0.1, 0.15) is 23.9 Å². The van der Waals surface area contributed by atoms with Crippen LogP contribution in [-0.2, 0) is 16.0 Å².